The van der Waals surface area contributed by atoms with Gasteiger partial charge in [0.2, 0.25) is 10.0 Å². The number of amides is 1. The van der Waals surface area contributed by atoms with Crippen molar-refractivity contribution in [1.82, 2.24) is 15.0 Å². The van der Waals surface area contributed by atoms with Crippen LogP contribution in [0.15, 0.2) is 53.7 Å². The van der Waals surface area contributed by atoms with Gasteiger partial charge in [0.05, 0.1) is 4.90 Å². The predicted octanol–water partition coefficient (Wildman–Crippen LogP) is 3.01. The summed E-state index contributed by atoms with van der Waals surface area (Å²) in [4.78, 5) is 16.4. The lowest BCUT2D eigenvalue weighted by Crippen LogP contribution is -2.34. The third-order valence-corrected chi connectivity index (χ3v) is 6.34. The SMILES string of the molecule is O=C(NCc1ccncc1)c1ccc(S(=O)(=O)NC2CCCCCC2)cc1. The molecule has 2 aromatic rings. The summed E-state index contributed by atoms with van der Waals surface area (Å²) in [5, 5.41) is 2.81. The molecular formula is C20H25N3O3S. The predicted molar refractivity (Wildman–Crippen MR) is 104 cm³/mol. The van der Waals surface area contributed by atoms with Crippen LogP contribution in [-0.4, -0.2) is 25.4 Å². The van der Waals surface area contributed by atoms with Gasteiger partial charge >= 0.3 is 0 Å². The van der Waals surface area contributed by atoms with Crippen LogP contribution in [0.1, 0.15) is 54.4 Å². The van der Waals surface area contributed by atoms with E-state index in [1.165, 1.54) is 25.0 Å². The summed E-state index contributed by atoms with van der Waals surface area (Å²) >= 11 is 0. The minimum absolute atomic E-state index is 0.000775. The molecule has 1 amide bonds. The van der Waals surface area contributed by atoms with E-state index in [0.29, 0.717) is 12.1 Å². The molecule has 1 aromatic carbocycles. The molecule has 0 aliphatic heterocycles. The number of carbonyl (C=O) groups excluding carboxylic acids is 1. The number of carbonyl (C=O) groups is 1. The standard InChI is InChI=1S/C20H25N3O3S/c24-20(22-15-16-11-13-21-14-12-16)17-7-9-19(10-8-17)27(25,26)23-18-5-3-1-2-4-6-18/h7-14,18,23H,1-6,15H2,(H,22,24). The fraction of sp³-hybridized carbons (Fsp3) is 0.400. The minimum atomic E-state index is -3.56. The summed E-state index contributed by atoms with van der Waals surface area (Å²) in [6.45, 7) is 0.393. The van der Waals surface area contributed by atoms with E-state index in [2.05, 4.69) is 15.0 Å². The Bertz CT molecular complexity index is 844. The van der Waals surface area contributed by atoms with E-state index in [-0.39, 0.29) is 16.8 Å². The Hall–Kier alpha value is -2.25. The van der Waals surface area contributed by atoms with Gasteiger partial charge in [0.1, 0.15) is 0 Å². The van der Waals surface area contributed by atoms with Crippen LogP contribution in [0, 0.1) is 0 Å². The lowest BCUT2D eigenvalue weighted by atomic mass is 10.1. The highest BCUT2D eigenvalue weighted by atomic mass is 32.2. The zero-order chi connectivity index (χ0) is 19.1. The molecule has 144 valence electrons. The molecule has 0 saturated heterocycles. The summed E-state index contributed by atoms with van der Waals surface area (Å²) in [7, 11) is -3.56. The topological polar surface area (TPSA) is 88.2 Å². The largest absolute Gasteiger partial charge is 0.348 e. The third kappa shape index (κ3) is 5.61. The number of pyridine rings is 1. The second-order valence-corrected chi connectivity index (χ2v) is 8.59. The first-order valence-corrected chi connectivity index (χ1v) is 10.8. The van der Waals surface area contributed by atoms with Gasteiger partial charge in [-0.15, -0.1) is 0 Å². The lowest BCUT2D eigenvalue weighted by Gasteiger charge is -2.16. The third-order valence-electron chi connectivity index (χ3n) is 4.81. The van der Waals surface area contributed by atoms with Crippen molar-refractivity contribution in [2.75, 3.05) is 0 Å². The van der Waals surface area contributed by atoms with Crippen molar-refractivity contribution in [3.8, 4) is 0 Å². The normalized spacial score (nSPS) is 15.9. The van der Waals surface area contributed by atoms with E-state index in [4.69, 9.17) is 0 Å². The van der Waals surface area contributed by atoms with Crippen molar-refractivity contribution >= 4 is 15.9 Å². The minimum Gasteiger partial charge on any atom is -0.348 e. The van der Waals surface area contributed by atoms with Crippen molar-refractivity contribution in [1.29, 1.82) is 0 Å². The zero-order valence-corrected chi connectivity index (χ0v) is 16.0. The number of nitrogens with one attached hydrogen (secondary N) is 2. The Morgan fingerprint density at radius 1 is 0.963 bits per heavy atom. The van der Waals surface area contributed by atoms with E-state index in [9.17, 15) is 13.2 Å². The molecule has 2 N–H and O–H groups in total. The molecule has 0 unspecified atom stereocenters. The molecule has 6 nitrogen and oxygen atoms in total. The van der Waals surface area contributed by atoms with Gasteiger partial charge in [-0.3, -0.25) is 9.78 Å². The number of rotatable bonds is 6. The fourth-order valence-corrected chi connectivity index (χ4v) is 4.56. The van der Waals surface area contributed by atoms with Gasteiger partial charge in [0.15, 0.2) is 0 Å². The molecule has 1 aromatic heterocycles. The van der Waals surface area contributed by atoms with Gasteiger partial charge in [-0.1, -0.05) is 25.7 Å². The van der Waals surface area contributed by atoms with Crippen LogP contribution in [0.2, 0.25) is 0 Å². The molecule has 27 heavy (non-hydrogen) atoms. The van der Waals surface area contributed by atoms with E-state index >= 15 is 0 Å². The lowest BCUT2D eigenvalue weighted by molar-refractivity contribution is 0.0951. The molecule has 0 spiro atoms. The van der Waals surface area contributed by atoms with Gasteiger partial charge in [0.25, 0.3) is 5.91 Å². The molecular weight excluding hydrogens is 362 g/mol. The molecule has 0 bridgehead atoms. The van der Waals surface area contributed by atoms with E-state index in [1.54, 1.807) is 24.5 Å². The Labute approximate surface area is 160 Å². The van der Waals surface area contributed by atoms with Crippen LogP contribution in [0.3, 0.4) is 0 Å². The number of sulfonamides is 1. The quantitative estimate of drug-likeness (QED) is 0.746. The average molecular weight is 388 g/mol. The Morgan fingerprint density at radius 2 is 1.59 bits per heavy atom. The van der Waals surface area contributed by atoms with Gasteiger partial charge < -0.3 is 5.32 Å². The molecule has 1 saturated carbocycles. The maximum absolute atomic E-state index is 12.6. The Balaban J connectivity index is 1.60. The summed E-state index contributed by atoms with van der Waals surface area (Å²) < 4.78 is 28.0. The first-order valence-electron chi connectivity index (χ1n) is 9.34. The van der Waals surface area contributed by atoms with Crippen molar-refractivity contribution in [3.05, 3.63) is 59.9 Å². The maximum atomic E-state index is 12.6. The van der Waals surface area contributed by atoms with E-state index in [1.807, 2.05) is 12.1 Å². The zero-order valence-electron chi connectivity index (χ0n) is 15.2. The fourth-order valence-electron chi connectivity index (χ4n) is 3.26. The van der Waals surface area contributed by atoms with Crippen LogP contribution >= 0.6 is 0 Å². The molecule has 1 aliphatic carbocycles. The van der Waals surface area contributed by atoms with Crippen LogP contribution in [-0.2, 0) is 16.6 Å². The Kier molecular flexibility index (Phi) is 6.58. The Morgan fingerprint density at radius 3 is 2.22 bits per heavy atom. The van der Waals surface area contributed by atoms with Crippen molar-refractivity contribution in [2.45, 2.75) is 56.0 Å². The van der Waals surface area contributed by atoms with E-state index < -0.39 is 10.0 Å². The van der Waals surface area contributed by atoms with Crippen molar-refractivity contribution in [3.63, 3.8) is 0 Å². The first kappa shape index (κ1) is 19.5. The van der Waals surface area contributed by atoms with Crippen LogP contribution < -0.4 is 10.0 Å². The smallest absolute Gasteiger partial charge is 0.251 e. The molecule has 1 fully saturated rings. The average Bonchev–Trinajstić information content (AvgIpc) is 2.95. The summed E-state index contributed by atoms with van der Waals surface area (Å²) in [5.41, 5.74) is 1.38. The van der Waals surface area contributed by atoms with Crippen LogP contribution in [0.5, 0.6) is 0 Å². The monoisotopic (exact) mass is 387 g/mol. The number of aromatic nitrogens is 1. The molecule has 7 heteroatoms. The van der Waals surface area contributed by atoms with Gasteiger partial charge in [0, 0.05) is 30.5 Å². The number of hydrogen-bond donors (Lipinski definition) is 2. The van der Waals surface area contributed by atoms with Crippen LogP contribution in [0.25, 0.3) is 0 Å². The molecule has 0 radical (unpaired) electrons. The number of benzene rings is 1. The van der Waals surface area contributed by atoms with Crippen molar-refractivity contribution in [2.24, 2.45) is 0 Å². The van der Waals surface area contributed by atoms with Gasteiger partial charge in [-0.25, -0.2) is 13.1 Å². The molecule has 1 heterocycles. The highest BCUT2D eigenvalue weighted by Crippen LogP contribution is 2.20. The second kappa shape index (κ2) is 9.10. The summed E-state index contributed by atoms with van der Waals surface area (Å²) in [6.07, 6.45) is 9.56. The maximum Gasteiger partial charge on any atom is 0.251 e. The number of nitrogens with zero attached hydrogens (tertiary/aromatic N) is 1. The summed E-state index contributed by atoms with van der Waals surface area (Å²) in [6, 6.07) is 9.72. The highest BCUT2D eigenvalue weighted by Gasteiger charge is 2.21. The first-order chi connectivity index (χ1) is 13.0. The van der Waals surface area contributed by atoms with Crippen LogP contribution in [0.4, 0.5) is 0 Å². The van der Waals surface area contributed by atoms with Crippen molar-refractivity contribution < 1.29 is 13.2 Å². The number of hydrogen-bond acceptors (Lipinski definition) is 4. The highest BCUT2D eigenvalue weighted by molar-refractivity contribution is 7.89. The molecule has 0 atom stereocenters. The summed E-state index contributed by atoms with van der Waals surface area (Å²) in [5.74, 6) is -0.243. The van der Waals surface area contributed by atoms with Gasteiger partial charge in [-0.2, -0.15) is 0 Å². The molecule has 3 rings (SSSR count). The van der Waals surface area contributed by atoms with Gasteiger partial charge in [-0.05, 0) is 54.8 Å². The second-order valence-electron chi connectivity index (χ2n) is 6.87. The van der Waals surface area contributed by atoms with E-state index in [0.717, 1.165) is 31.2 Å². The molecule has 1 aliphatic rings.